The van der Waals surface area contributed by atoms with E-state index < -0.39 is 0 Å². The predicted octanol–water partition coefficient (Wildman–Crippen LogP) is 0.982. The highest BCUT2D eigenvalue weighted by Crippen LogP contribution is 2.18. The van der Waals surface area contributed by atoms with Gasteiger partial charge in [-0.1, -0.05) is 13.0 Å². The Morgan fingerprint density at radius 2 is 2.38 bits per heavy atom. The van der Waals surface area contributed by atoms with Crippen LogP contribution in [0, 0.1) is 0 Å². The number of aliphatic hydroxyl groups excluding tert-OH is 1. The summed E-state index contributed by atoms with van der Waals surface area (Å²) in [6.07, 6.45) is 6.57. The van der Waals surface area contributed by atoms with Gasteiger partial charge in [-0.15, -0.1) is 0 Å². The summed E-state index contributed by atoms with van der Waals surface area (Å²) in [7, 11) is 0. The van der Waals surface area contributed by atoms with Crippen molar-refractivity contribution in [3.05, 3.63) is 12.2 Å². The van der Waals surface area contributed by atoms with E-state index in [1.165, 1.54) is 6.08 Å². The summed E-state index contributed by atoms with van der Waals surface area (Å²) in [6.45, 7) is 1.98. The van der Waals surface area contributed by atoms with Crippen LogP contribution in [-0.2, 0) is 4.79 Å². The number of nitrogens with one attached hydrogen (secondary N) is 1. The highest BCUT2D eigenvalue weighted by atomic mass is 16.3. The Balaban J connectivity index is 2.31. The fourth-order valence-electron chi connectivity index (χ4n) is 1.56. The molecular weight excluding hydrogens is 166 g/mol. The number of allylic oxidation sites excluding steroid dienone is 1. The maximum absolute atomic E-state index is 11.2. The van der Waals surface area contributed by atoms with Crippen LogP contribution in [0.1, 0.15) is 32.6 Å². The van der Waals surface area contributed by atoms with Gasteiger partial charge in [0.25, 0.3) is 0 Å². The van der Waals surface area contributed by atoms with E-state index in [2.05, 4.69) is 5.32 Å². The summed E-state index contributed by atoms with van der Waals surface area (Å²) in [6, 6.07) is -0.0333. The smallest absolute Gasteiger partial charge is 0.243 e. The van der Waals surface area contributed by atoms with Gasteiger partial charge < -0.3 is 10.4 Å². The van der Waals surface area contributed by atoms with E-state index in [4.69, 9.17) is 0 Å². The fourth-order valence-corrected chi connectivity index (χ4v) is 1.56. The maximum Gasteiger partial charge on any atom is 0.243 e. The quantitative estimate of drug-likeness (QED) is 0.641. The minimum atomic E-state index is -0.348. The van der Waals surface area contributed by atoms with Crippen molar-refractivity contribution < 1.29 is 9.90 Å². The average Bonchev–Trinajstić information content (AvgIpc) is 2.48. The molecule has 2 unspecified atom stereocenters. The molecule has 0 saturated heterocycles. The summed E-state index contributed by atoms with van der Waals surface area (Å²) >= 11 is 0. The zero-order valence-corrected chi connectivity index (χ0v) is 7.99. The molecule has 1 saturated carbocycles. The molecule has 2 atom stereocenters. The number of hydrogen-bond acceptors (Lipinski definition) is 2. The lowest BCUT2D eigenvalue weighted by Crippen LogP contribution is -2.38. The molecule has 0 radical (unpaired) electrons. The van der Waals surface area contributed by atoms with Crippen LogP contribution >= 0.6 is 0 Å². The van der Waals surface area contributed by atoms with Crippen molar-refractivity contribution in [2.75, 3.05) is 0 Å². The third kappa shape index (κ3) is 3.19. The number of hydrogen-bond donors (Lipinski definition) is 2. The maximum atomic E-state index is 11.2. The van der Waals surface area contributed by atoms with Gasteiger partial charge in [0, 0.05) is 0 Å². The van der Waals surface area contributed by atoms with Crippen molar-refractivity contribution in [2.45, 2.75) is 44.8 Å². The summed E-state index contributed by atoms with van der Waals surface area (Å²) in [5.41, 5.74) is 0. The van der Waals surface area contributed by atoms with Gasteiger partial charge in [-0.2, -0.15) is 0 Å². The van der Waals surface area contributed by atoms with Crippen molar-refractivity contribution in [3.63, 3.8) is 0 Å². The Hall–Kier alpha value is -0.830. The Morgan fingerprint density at radius 3 is 2.92 bits per heavy atom. The lowest BCUT2D eigenvalue weighted by molar-refractivity contribution is -0.117. The largest absolute Gasteiger partial charge is 0.391 e. The minimum Gasteiger partial charge on any atom is -0.391 e. The zero-order valence-electron chi connectivity index (χ0n) is 7.99. The Bertz CT molecular complexity index is 201. The van der Waals surface area contributed by atoms with E-state index in [-0.39, 0.29) is 18.1 Å². The monoisotopic (exact) mass is 183 g/mol. The van der Waals surface area contributed by atoms with E-state index in [9.17, 15) is 9.90 Å². The van der Waals surface area contributed by atoms with Crippen LogP contribution in [0.3, 0.4) is 0 Å². The van der Waals surface area contributed by atoms with E-state index in [1.807, 2.05) is 13.0 Å². The number of amides is 1. The van der Waals surface area contributed by atoms with Gasteiger partial charge in [0.2, 0.25) is 5.91 Å². The van der Waals surface area contributed by atoms with Crippen LogP contribution in [0.2, 0.25) is 0 Å². The van der Waals surface area contributed by atoms with Crippen LogP contribution in [0.5, 0.6) is 0 Å². The molecule has 13 heavy (non-hydrogen) atoms. The lowest BCUT2D eigenvalue weighted by atomic mass is 10.2. The van der Waals surface area contributed by atoms with Crippen molar-refractivity contribution in [3.8, 4) is 0 Å². The van der Waals surface area contributed by atoms with Crippen LogP contribution in [0.4, 0.5) is 0 Å². The topological polar surface area (TPSA) is 49.3 Å². The van der Waals surface area contributed by atoms with Gasteiger partial charge in [0.1, 0.15) is 0 Å². The molecule has 3 heteroatoms. The molecule has 0 heterocycles. The van der Waals surface area contributed by atoms with Crippen LogP contribution in [-0.4, -0.2) is 23.2 Å². The Kier molecular flexibility index (Phi) is 3.96. The molecular formula is C10H17NO2. The van der Waals surface area contributed by atoms with Crippen LogP contribution < -0.4 is 5.32 Å². The zero-order chi connectivity index (χ0) is 9.68. The molecule has 0 spiro atoms. The Morgan fingerprint density at radius 1 is 1.62 bits per heavy atom. The summed E-state index contributed by atoms with van der Waals surface area (Å²) < 4.78 is 0. The first kappa shape index (κ1) is 10.3. The minimum absolute atomic E-state index is 0.0333. The second-order valence-electron chi connectivity index (χ2n) is 3.42. The van der Waals surface area contributed by atoms with Gasteiger partial charge >= 0.3 is 0 Å². The molecule has 0 aliphatic heterocycles. The summed E-state index contributed by atoms with van der Waals surface area (Å²) in [5, 5.41) is 12.2. The van der Waals surface area contributed by atoms with Crippen molar-refractivity contribution in [2.24, 2.45) is 0 Å². The number of carbonyl (C=O) groups is 1. The molecule has 2 N–H and O–H groups in total. The molecule has 1 fully saturated rings. The SMILES string of the molecule is CC/C=C/C(=O)NC1CCCC1O. The molecule has 1 amide bonds. The summed E-state index contributed by atoms with van der Waals surface area (Å²) in [4.78, 5) is 11.2. The second kappa shape index (κ2) is 5.02. The van der Waals surface area contributed by atoms with E-state index >= 15 is 0 Å². The molecule has 1 rings (SSSR count). The molecule has 0 aromatic rings. The highest BCUT2D eigenvalue weighted by molar-refractivity contribution is 5.87. The summed E-state index contributed by atoms with van der Waals surface area (Å²) in [5.74, 6) is -0.0900. The first-order chi connectivity index (χ1) is 6.24. The van der Waals surface area contributed by atoms with Gasteiger partial charge in [-0.3, -0.25) is 4.79 Å². The molecule has 1 aliphatic rings. The van der Waals surface area contributed by atoms with Crippen LogP contribution in [0.15, 0.2) is 12.2 Å². The fraction of sp³-hybridized carbons (Fsp3) is 0.700. The molecule has 3 nitrogen and oxygen atoms in total. The Labute approximate surface area is 78.8 Å². The van der Waals surface area contributed by atoms with Gasteiger partial charge in [0.05, 0.1) is 12.1 Å². The molecule has 0 bridgehead atoms. The molecule has 0 aromatic heterocycles. The van der Waals surface area contributed by atoms with Crippen molar-refractivity contribution in [1.29, 1.82) is 0 Å². The van der Waals surface area contributed by atoms with Crippen molar-refractivity contribution >= 4 is 5.91 Å². The van der Waals surface area contributed by atoms with Crippen molar-refractivity contribution in [1.82, 2.24) is 5.32 Å². The standard InChI is InChI=1S/C10H17NO2/c1-2-3-7-10(13)11-8-5-4-6-9(8)12/h3,7-9,12H,2,4-6H2,1H3,(H,11,13)/b7-3+. The molecule has 1 aliphatic carbocycles. The van der Waals surface area contributed by atoms with Crippen LogP contribution in [0.25, 0.3) is 0 Å². The first-order valence-electron chi connectivity index (χ1n) is 4.89. The third-order valence-corrected chi connectivity index (χ3v) is 2.31. The molecule has 74 valence electrons. The van der Waals surface area contributed by atoms with E-state index in [0.29, 0.717) is 0 Å². The van der Waals surface area contributed by atoms with E-state index in [0.717, 1.165) is 25.7 Å². The number of carbonyl (C=O) groups excluding carboxylic acids is 1. The highest BCUT2D eigenvalue weighted by Gasteiger charge is 2.25. The van der Waals surface area contributed by atoms with Gasteiger partial charge in [0.15, 0.2) is 0 Å². The number of rotatable bonds is 3. The van der Waals surface area contributed by atoms with Gasteiger partial charge in [-0.25, -0.2) is 0 Å². The van der Waals surface area contributed by atoms with Gasteiger partial charge in [-0.05, 0) is 31.8 Å². The first-order valence-corrected chi connectivity index (χ1v) is 4.89. The lowest BCUT2D eigenvalue weighted by Gasteiger charge is -2.14. The number of aliphatic hydroxyl groups is 1. The normalized spacial score (nSPS) is 28.2. The predicted molar refractivity (Wildman–Crippen MR) is 51.2 cm³/mol. The second-order valence-corrected chi connectivity index (χ2v) is 3.42. The molecule has 0 aromatic carbocycles. The van der Waals surface area contributed by atoms with E-state index in [1.54, 1.807) is 0 Å². The average molecular weight is 183 g/mol. The third-order valence-electron chi connectivity index (χ3n) is 2.31.